The fourth-order valence-electron chi connectivity index (χ4n) is 3.37. The molecule has 5 heteroatoms. The number of ether oxygens (including phenoxy) is 1. The summed E-state index contributed by atoms with van der Waals surface area (Å²) in [7, 11) is 0. The largest absolute Gasteiger partial charge is 0.379 e. The molecule has 0 spiro atoms. The normalized spacial score (nSPS) is 35.2. The van der Waals surface area contributed by atoms with E-state index < -0.39 is 12.1 Å². The molecule has 0 aromatic rings. The Kier molecular flexibility index (Phi) is 4.61. The van der Waals surface area contributed by atoms with Crippen LogP contribution in [0.1, 0.15) is 47.5 Å². The Bertz CT molecular complexity index is 416. The molecule has 2 heterocycles. The predicted molar refractivity (Wildman–Crippen MR) is 80.7 cm³/mol. The first-order valence-corrected chi connectivity index (χ1v) is 8.03. The van der Waals surface area contributed by atoms with Crippen LogP contribution in [0.25, 0.3) is 0 Å². The molecule has 2 amide bonds. The SMILES string of the molecule is CCC(C)C1NC(=O)C(C(C)C)N(C2(C)CCOC2)C1=O. The van der Waals surface area contributed by atoms with E-state index in [0.717, 1.165) is 12.8 Å². The maximum atomic E-state index is 13.0. The van der Waals surface area contributed by atoms with E-state index in [4.69, 9.17) is 4.74 Å². The summed E-state index contributed by atoms with van der Waals surface area (Å²) in [6.45, 7) is 11.3. The predicted octanol–water partition coefficient (Wildman–Crippen LogP) is 1.56. The van der Waals surface area contributed by atoms with Crippen molar-refractivity contribution < 1.29 is 14.3 Å². The van der Waals surface area contributed by atoms with Gasteiger partial charge in [0.15, 0.2) is 0 Å². The van der Waals surface area contributed by atoms with Gasteiger partial charge in [-0.05, 0) is 25.2 Å². The Balaban J connectivity index is 2.37. The lowest BCUT2D eigenvalue weighted by molar-refractivity contribution is -0.160. The summed E-state index contributed by atoms with van der Waals surface area (Å²) in [4.78, 5) is 27.4. The van der Waals surface area contributed by atoms with Gasteiger partial charge >= 0.3 is 0 Å². The van der Waals surface area contributed by atoms with Crippen LogP contribution in [0.3, 0.4) is 0 Å². The van der Waals surface area contributed by atoms with Crippen molar-refractivity contribution in [1.29, 1.82) is 0 Å². The van der Waals surface area contributed by atoms with Gasteiger partial charge in [0.1, 0.15) is 12.1 Å². The van der Waals surface area contributed by atoms with Crippen molar-refractivity contribution in [2.24, 2.45) is 11.8 Å². The van der Waals surface area contributed by atoms with E-state index in [1.54, 1.807) is 0 Å². The number of nitrogens with zero attached hydrogens (tertiary/aromatic N) is 1. The molecule has 0 radical (unpaired) electrons. The zero-order valence-corrected chi connectivity index (χ0v) is 13.8. The van der Waals surface area contributed by atoms with Crippen LogP contribution in [-0.2, 0) is 14.3 Å². The molecule has 4 atom stereocenters. The van der Waals surface area contributed by atoms with E-state index in [-0.39, 0.29) is 29.2 Å². The van der Waals surface area contributed by atoms with Gasteiger partial charge in [0.2, 0.25) is 11.8 Å². The highest BCUT2D eigenvalue weighted by Crippen LogP contribution is 2.34. The summed E-state index contributed by atoms with van der Waals surface area (Å²) in [6.07, 6.45) is 1.66. The molecule has 0 aromatic heterocycles. The molecule has 0 bridgehead atoms. The van der Waals surface area contributed by atoms with Crippen molar-refractivity contribution in [2.75, 3.05) is 13.2 Å². The minimum Gasteiger partial charge on any atom is -0.379 e. The number of carbonyl (C=O) groups excluding carboxylic acids is 2. The van der Waals surface area contributed by atoms with Crippen LogP contribution in [0.15, 0.2) is 0 Å². The molecule has 0 aromatic carbocycles. The van der Waals surface area contributed by atoms with Crippen molar-refractivity contribution in [3.8, 4) is 0 Å². The second kappa shape index (κ2) is 5.95. The number of rotatable bonds is 4. The van der Waals surface area contributed by atoms with Gasteiger partial charge in [0.25, 0.3) is 0 Å². The van der Waals surface area contributed by atoms with Crippen LogP contribution in [-0.4, -0.2) is 47.6 Å². The Morgan fingerprint density at radius 3 is 2.52 bits per heavy atom. The van der Waals surface area contributed by atoms with Crippen molar-refractivity contribution in [3.63, 3.8) is 0 Å². The Morgan fingerprint density at radius 1 is 1.38 bits per heavy atom. The summed E-state index contributed by atoms with van der Waals surface area (Å²) in [5.41, 5.74) is -0.366. The highest BCUT2D eigenvalue weighted by atomic mass is 16.5. The maximum absolute atomic E-state index is 13.0. The third-order valence-corrected chi connectivity index (χ3v) is 4.97. The number of hydrogen-bond donors (Lipinski definition) is 1. The maximum Gasteiger partial charge on any atom is 0.246 e. The van der Waals surface area contributed by atoms with Gasteiger partial charge in [0, 0.05) is 6.61 Å². The summed E-state index contributed by atoms with van der Waals surface area (Å²) < 4.78 is 5.52. The van der Waals surface area contributed by atoms with Crippen molar-refractivity contribution in [1.82, 2.24) is 10.2 Å². The molecular formula is C16H28N2O3. The fourth-order valence-corrected chi connectivity index (χ4v) is 3.37. The number of nitrogens with one attached hydrogen (secondary N) is 1. The van der Waals surface area contributed by atoms with E-state index in [9.17, 15) is 9.59 Å². The van der Waals surface area contributed by atoms with Crippen molar-refractivity contribution >= 4 is 11.8 Å². The van der Waals surface area contributed by atoms with Crippen LogP contribution in [0.2, 0.25) is 0 Å². The van der Waals surface area contributed by atoms with Crippen LogP contribution in [0, 0.1) is 11.8 Å². The molecule has 5 nitrogen and oxygen atoms in total. The van der Waals surface area contributed by atoms with Gasteiger partial charge in [-0.2, -0.15) is 0 Å². The van der Waals surface area contributed by atoms with Gasteiger partial charge in [-0.3, -0.25) is 9.59 Å². The van der Waals surface area contributed by atoms with Crippen molar-refractivity contribution in [3.05, 3.63) is 0 Å². The van der Waals surface area contributed by atoms with Gasteiger partial charge in [0.05, 0.1) is 12.1 Å². The topological polar surface area (TPSA) is 58.6 Å². The van der Waals surface area contributed by atoms with Gasteiger partial charge in [-0.1, -0.05) is 34.1 Å². The first-order valence-electron chi connectivity index (χ1n) is 8.03. The van der Waals surface area contributed by atoms with E-state index in [2.05, 4.69) is 5.32 Å². The van der Waals surface area contributed by atoms with Gasteiger partial charge in [-0.25, -0.2) is 0 Å². The molecule has 1 N–H and O–H groups in total. The van der Waals surface area contributed by atoms with E-state index in [1.807, 2.05) is 39.5 Å². The molecule has 120 valence electrons. The zero-order valence-electron chi connectivity index (χ0n) is 13.8. The lowest BCUT2D eigenvalue weighted by atomic mass is 9.85. The molecule has 2 aliphatic rings. The fraction of sp³-hybridized carbons (Fsp3) is 0.875. The quantitative estimate of drug-likeness (QED) is 0.856. The highest BCUT2D eigenvalue weighted by molar-refractivity contribution is 5.97. The highest BCUT2D eigenvalue weighted by Gasteiger charge is 2.51. The second-order valence-corrected chi connectivity index (χ2v) is 7.07. The Labute approximate surface area is 127 Å². The molecule has 0 saturated carbocycles. The van der Waals surface area contributed by atoms with E-state index in [0.29, 0.717) is 13.2 Å². The van der Waals surface area contributed by atoms with Gasteiger partial charge < -0.3 is 15.0 Å². The summed E-state index contributed by atoms with van der Waals surface area (Å²) in [6, 6.07) is -0.806. The van der Waals surface area contributed by atoms with Crippen LogP contribution in [0.5, 0.6) is 0 Å². The number of piperazine rings is 1. The average molecular weight is 296 g/mol. The smallest absolute Gasteiger partial charge is 0.246 e. The first-order chi connectivity index (χ1) is 9.81. The minimum atomic E-state index is -0.407. The Hall–Kier alpha value is -1.10. The molecule has 4 unspecified atom stereocenters. The lowest BCUT2D eigenvalue weighted by Crippen LogP contribution is -2.71. The monoisotopic (exact) mass is 296 g/mol. The minimum absolute atomic E-state index is 0.0250. The molecule has 2 saturated heterocycles. The number of amides is 2. The first kappa shape index (κ1) is 16.3. The molecule has 2 rings (SSSR count). The summed E-state index contributed by atoms with van der Waals surface area (Å²) in [5, 5.41) is 2.95. The summed E-state index contributed by atoms with van der Waals surface area (Å²) in [5.74, 6) is 0.255. The lowest BCUT2D eigenvalue weighted by Gasteiger charge is -2.49. The molecule has 21 heavy (non-hydrogen) atoms. The molecule has 0 aliphatic carbocycles. The molecule has 2 aliphatic heterocycles. The average Bonchev–Trinajstić information content (AvgIpc) is 2.86. The van der Waals surface area contributed by atoms with Crippen LogP contribution < -0.4 is 5.32 Å². The zero-order chi connectivity index (χ0) is 15.8. The second-order valence-electron chi connectivity index (χ2n) is 7.07. The van der Waals surface area contributed by atoms with Gasteiger partial charge in [-0.15, -0.1) is 0 Å². The molecule has 2 fully saturated rings. The standard InChI is InChI=1S/C16H28N2O3/c1-6-11(4)12-15(20)18(16(5)7-8-21-9-16)13(10(2)3)14(19)17-12/h10-13H,6-9H2,1-5H3,(H,17,19). The third kappa shape index (κ3) is 2.80. The Morgan fingerprint density at radius 2 is 2.05 bits per heavy atom. The summed E-state index contributed by atoms with van der Waals surface area (Å²) >= 11 is 0. The molecular weight excluding hydrogens is 268 g/mol. The van der Waals surface area contributed by atoms with Crippen LogP contribution >= 0.6 is 0 Å². The third-order valence-electron chi connectivity index (χ3n) is 4.97. The number of carbonyl (C=O) groups is 2. The van der Waals surface area contributed by atoms with Crippen LogP contribution in [0.4, 0.5) is 0 Å². The van der Waals surface area contributed by atoms with E-state index in [1.165, 1.54) is 0 Å². The number of hydrogen-bond acceptors (Lipinski definition) is 3. The van der Waals surface area contributed by atoms with E-state index >= 15 is 0 Å². The van der Waals surface area contributed by atoms with Crippen molar-refractivity contribution in [2.45, 2.75) is 65.1 Å².